The molecule has 0 radical (unpaired) electrons. The summed E-state index contributed by atoms with van der Waals surface area (Å²) in [4.78, 5) is 12.4. The second-order valence-corrected chi connectivity index (χ2v) is 9.72. The predicted molar refractivity (Wildman–Crippen MR) is 136 cm³/mol. The number of hydrogen-bond acceptors (Lipinski definition) is 6. The minimum Gasteiger partial charge on any atom is -0.490 e. The zero-order valence-electron chi connectivity index (χ0n) is 18.1. The molecule has 180 valence electrons. The van der Waals surface area contributed by atoms with Gasteiger partial charge in [0, 0.05) is 15.7 Å². The molecule has 0 aliphatic rings. The summed E-state index contributed by atoms with van der Waals surface area (Å²) in [6.07, 6.45) is 1.28. The zero-order chi connectivity index (χ0) is 25.6. The largest absolute Gasteiger partial charge is 0.490 e. The maximum atomic E-state index is 12.7. The number of anilines is 1. The molecule has 1 N–H and O–H groups in total. The fraction of sp³-hybridized carbons (Fsp3) is 0.0833. The van der Waals surface area contributed by atoms with Crippen molar-refractivity contribution in [3.63, 3.8) is 0 Å². The van der Waals surface area contributed by atoms with Gasteiger partial charge in [-0.3, -0.25) is 4.79 Å². The number of nitrogens with one attached hydrogen (secondary N) is 1. The van der Waals surface area contributed by atoms with Gasteiger partial charge < -0.3 is 14.2 Å². The second-order valence-electron chi connectivity index (χ2n) is 6.89. The van der Waals surface area contributed by atoms with E-state index in [2.05, 4.69) is 5.32 Å². The Morgan fingerprint density at radius 3 is 2.40 bits per heavy atom. The lowest BCUT2D eigenvalue weighted by molar-refractivity contribution is -0.112. The Kier molecular flexibility index (Phi) is 8.65. The maximum Gasteiger partial charge on any atom is 0.339 e. The number of benzene rings is 3. The third-order valence-electron chi connectivity index (χ3n) is 4.39. The van der Waals surface area contributed by atoms with E-state index in [1.54, 1.807) is 25.1 Å². The van der Waals surface area contributed by atoms with Crippen LogP contribution in [0.3, 0.4) is 0 Å². The normalized spacial score (nSPS) is 11.5. The number of halogens is 3. The van der Waals surface area contributed by atoms with E-state index in [9.17, 15) is 18.5 Å². The van der Waals surface area contributed by atoms with Crippen molar-refractivity contribution in [1.82, 2.24) is 0 Å². The van der Waals surface area contributed by atoms with E-state index in [1.807, 2.05) is 6.07 Å². The summed E-state index contributed by atoms with van der Waals surface area (Å²) in [5.41, 5.74) is 0.492. The number of carbonyl (C=O) groups is 1. The van der Waals surface area contributed by atoms with Crippen molar-refractivity contribution < 1.29 is 22.1 Å². The van der Waals surface area contributed by atoms with Gasteiger partial charge in [0.05, 0.1) is 11.6 Å². The standard InChI is InChI=1S/C24H17Cl3N2O5S/c1-2-33-22-12-15(10-16(14-28)24(30)29-19-5-3-4-18(26)13-19)11-21(27)23(22)34-35(31,32)20-8-6-17(25)7-9-20/h3-13H,2H2,1H3,(H,29,30)/b16-10+. The molecule has 3 aromatic carbocycles. The molecular formula is C24H17Cl3N2O5S. The summed E-state index contributed by atoms with van der Waals surface area (Å²) in [6, 6.07) is 16.4. The molecule has 0 aliphatic carbocycles. The lowest BCUT2D eigenvalue weighted by atomic mass is 10.1. The third kappa shape index (κ3) is 6.90. The van der Waals surface area contributed by atoms with E-state index >= 15 is 0 Å². The number of amides is 1. The monoisotopic (exact) mass is 550 g/mol. The molecule has 3 aromatic rings. The van der Waals surface area contributed by atoms with Crippen LogP contribution in [0.1, 0.15) is 12.5 Å². The molecule has 1 amide bonds. The van der Waals surface area contributed by atoms with Crippen LogP contribution in [0, 0.1) is 11.3 Å². The molecule has 0 heterocycles. The van der Waals surface area contributed by atoms with Crippen LogP contribution in [-0.2, 0) is 14.9 Å². The molecule has 0 unspecified atom stereocenters. The van der Waals surface area contributed by atoms with Gasteiger partial charge in [0.2, 0.25) is 5.75 Å². The van der Waals surface area contributed by atoms with Crippen molar-refractivity contribution in [3.05, 3.63) is 86.9 Å². The van der Waals surface area contributed by atoms with Gasteiger partial charge in [-0.1, -0.05) is 40.9 Å². The third-order valence-corrected chi connectivity index (χ3v) is 6.39. The van der Waals surface area contributed by atoms with E-state index < -0.39 is 16.0 Å². The zero-order valence-corrected chi connectivity index (χ0v) is 21.2. The molecule has 3 rings (SSSR count). The van der Waals surface area contributed by atoms with Crippen LogP contribution in [0.5, 0.6) is 11.5 Å². The van der Waals surface area contributed by atoms with Crippen molar-refractivity contribution >= 4 is 62.6 Å². The number of carbonyl (C=O) groups excluding carboxylic acids is 1. The highest BCUT2D eigenvalue weighted by atomic mass is 35.5. The lowest BCUT2D eigenvalue weighted by Gasteiger charge is -2.14. The summed E-state index contributed by atoms with van der Waals surface area (Å²) in [6.45, 7) is 1.86. The first kappa shape index (κ1) is 26.4. The van der Waals surface area contributed by atoms with Gasteiger partial charge in [0.1, 0.15) is 16.5 Å². The summed E-state index contributed by atoms with van der Waals surface area (Å²) in [5, 5.41) is 12.8. The van der Waals surface area contributed by atoms with Crippen molar-refractivity contribution in [3.8, 4) is 17.6 Å². The van der Waals surface area contributed by atoms with Crippen molar-refractivity contribution in [2.24, 2.45) is 0 Å². The first-order valence-corrected chi connectivity index (χ1v) is 12.5. The van der Waals surface area contributed by atoms with E-state index in [0.717, 1.165) is 0 Å². The van der Waals surface area contributed by atoms with Crippen LogP contribution < -0.4 is 14.2 Å². The minimum atomic E-state index is -4.25. The Morgan fingerprint density at radius 1 is 1.06 bits per heavy atom. The summed E-state index contributed by atoms with van der Waals surface area (Å²) < 4.78 is 36.2. The number of nitriles is 1. The van der Waals surface area contributed by atoms with Crippen LogP contribution in [0.25, 0.3) is 6.08 Å². The van der Waals surface area contributed by atoms with E-state index in [1.165, 1.54) is 48.5 Å². The Morgan fingerprint density at radius 2 is 1.77 bits per heavy atom. The molecule has 0 atom stereocenters. The van der Waals surface area contributed by atoms with Gasteiger partial charge >= 0.3 is 10.1 Å². The molecular weight excluding hydrogens is 535 g/mol. The van der Waals surface area contributed by atoms with Crippen LogP contribution >= 0.6 is 34.8 Å². The number of ether oxygens (including phenoxy) is 1. The average molecular weight is 552 g/mol. The molecule has 0 aromatic heterocycles. The Hall–Kier alpha value is -3.22. The molecule has 0 bridgehead atoms. The molecule has 35 heavy (non-hydrogen) atoms. The number of hydrogen-bond donors (Lipinski definition) is 1. The Bertz CT molecular complexity index is 1430. The SMILES string of the molecule is CCOc1cc(/C=C(\C#N)C(=O)Nc2cccc(Cl)c2)cc(Cl)c1OS(=O)(=O)c1ccc(Cl)cc1. The fourth-order valence-electron chi connectivity index (χ4n) is 2.85. The van der Waals surface area contributed by atoms with Crippen LogP contribution in [0.4, 0.5) is 5.69 Å². The highest BCUT2D eigenvalue weighted by Crippen LogP contribution is 2.39. The minimum absolute atomic E-state index is 0.0105. The molecule has 7 nitrogen and oxygen atoms in total. The van der Waals surface area contributed by atoms with E-state index in [0.29, 0.717) is 21.3 Å². The first-order valence-electron chi connectivity index (χ1n) is 9.98. The second kappa shape index (κ2) is 11.5. The van der Waals surface area contributed by atoms with Gasteiger partial charge in [-0.15, -0.1) is 0 Å². The summed E-state index contributed by atoms with van der Waals surface area (Å²) >= 11 is 18.1. The topological polar surface area (TPSA) is 105 Å². The van der Waals surface area contributed by atoms with Crippen molar-refractivity contribution in [1.29, 1.82) is 5.26 Å². The van der Waals surface area contributed by atoms with Gasteiger partial charge in [0.25, 0.3) is 5.91 Å². The summed E-state index contributed by atoms with van der Waals surface area (Å²) in [5.74, 6) is -0.895. The highest BCUT2D eigenvalue weighted by Gasteiger charge is 2.23. The average Bonchev–Trinajstić information content (AvgIpc) is 2.80. The molecule has 0 fully saturated rings. The number of nitrogens with zero attached hydrogens (tertiary/aromatic N) is 1. The lowest BCUT2D eigenvalue weighted by Crippen LogP contribution is -2.13. The van der Waals surface area contributed by atoms with Crippen LogP contribution in [-0.4, -0.2) is 20.9 Å². The fourth-order valence-corrected chi connectivity index (χ4v) is 4.43. The van der Waals surface area contributed by atoms with E-state index in [4.69, 9.17) is 43.7 Å². The van der Waals surface area contributed by atoms with Gasteiger partial charge in [0.15, 0.2) is 5.75 Å². The van der Waals surface area contributed by atoms with Crippen LogP contribution in [0.2, 0.25) is 15.1 Å². The molecule has 0 saturated carbocycles. The van der Waals surface area contributed by atoms with Crippen LogP contribution in [0.15, 0.2) is 71.1 Å². The predicted octanol–water partition coefficient (Wildman–Crippen LogP) is 6.36. The van der Waals surface area contributed by atoms with Gasteiger partial charge in [-0.2, -0.15) is 13.7 Å². The molecule has 0 aliphatic heterocycles. The van der Waals surface area contributed by atoms with Crippen molar-refractivity contribution in [2.45, 2.75) is 11.8 Å². The Labute approximate surface area is 217 Å². The molecule has 0 spiro atoms. The molecule has 0 saturated heterocycles. The van der Waals surface area contributed by atoms with Gasteiger partial charge in [-0.25, -0.2) is 0 Å². The number of rotatable bonds is 8. The Balaban J connectivity index is 1.94. The smallest absolute Gasteiger partial charge is 0.339 e. The first-order chi connectivity index (χ1) is 16.6. The van der Waals surface area contributed by atoms with Gasteiger partial charge in [-0.05, 0) is 73.2 Å². The maximum absolute atomic E-state index is 12.7. The highest BCUT2D eigenvalue weighted by molar-refractivity contribution is 7.87. The van der Waals surface area contributed by atoms with E-state index in [-0.39, 0.29) is 33.6 Å². The molecule has 11 heteroatoms. The summed E-state index contributed by atoms with van der Waals surface area (Å²) in [7, 11) is -4.25. The quantitative estimate of drug-likeness (QED) is 0.198. The van der Waals surface area contributed by atoms with Crippen molar-refractivity contribution in [2.75, 3.05) is 11.9 Å².